The molecule has 0 fully saturated rings. The van der Waals surface area contributed by atoms with Crippen LogP contribution in [0.3, 0.4) is 0 Å². The Kier molecular flexibility index (Phi) is 1.83. The van der Waals surface area contributed by atoms with Crippen LogP contribution in [0.15, 0.2) is 24.5 Å². The molecule has 0 aliphatic heterocycles. The Morgan fingerprint density at radius 1 is 1.46 bits per heavy atom. The molecule has 0 aliphatic carbocycles. The van der Waals surface area contributed by atoms with E-state index in [1.165, 1.54) is 6.20 Å². The largest absolute Gasteiger partial charge is 0.490 e. The van der Waals surface area contributed by atoms with E-state index in [1.54, 1.807) is 6.07 Å². The first-order valence-corrected chi connectivity index (χ1v) is 3.95. The molecule has 0 atom stereocenters. The highest BCUT2D eigenvalue weighted by Crippen LogP contribution is 2.09. The van der Waals surface area contributed by atoms with E-state index in [0.29, 0.717) is 5.46 Å². The zero-order valence-corrected chi connectivity index (χ0v) is 7.18. The lowest BCUT2D eigenvalue weighted by Crippen LogP contribution is -2.30. The third-order valence-corrected chi connectivity index (χ3v) is 2.05. The molecular formula is C8H9BN2O2. The van der Waals surface area contributed by atoms with Crippen LogP contribution >= 0.6 is 0 Å². The summed E-state index contributed by atoms with van der Waals surface area (Å²) in [5, 5.41) is 17.8. The lowest BCUT2D eigenvalue weighted by Gasteiger charge is -2.00. The van der Waals surface area contributed by atoms with Gasteiger partial charge in [-0.1, -0.05) is 0 Å². The number of hydrogen-bond acceptors (Lipinski definition) is 3. The molecule has 4 nitrogen and oxygen atoms in total. The zero-order valence-electron chi connectivity index (χ0n) is 7.18. The van der Waals surface area contributed by atoms with Crippen molar-refractivity contribution in [1.29, 1.82) is 0 Å². The first-order valence-electron chi connectivity index (χ1n) is 3.95. The number of hydrogen-bond donors (Lipinski definition) is 2. The maximum Gasteiger partial charge on any atom is 0.490 e. The van der Waals surface area contributed by atoms with Gasteiger partial charge in [0.2, 0.25) is 0 Å². The average molecular weight is 176 g/mol. The van der Waals surface area contributed by atoms with Crippen molar-refractivity contribution < 1.29 is 10.0 Å². The minimum atomic E-state index is -1.45. The molecule has 0 radical (unpaired) electrons. The van der Waals surface area contributed by atoms with Gasteiger partial charge >= 0.3 is 7.12 Å². The van der Waals surface area contributed by atoms with Crippen LogP contribution < -0.4 is 5.46 Å². The molecule has 0 aromatic carbocycles. The molecule has 0 saturated heterocycles. The zero-order chi connectivity index (χ0) is 9.42. The molecule has 2 aromatic rings. The van der Waals surface area contributed by atoms with Crippen LogP contribution in [0.25, 0.3) is 11.0 Å². The second kappa shape index (κ2) is 2.87. The van der Waals surface area contributed by atoms with Crippen molar-refractivity contribution in [3.8, 4) is 0 Å². The summed E-state index contributed by atoms with van der Waals surface area (Å²) in [7, 11) is 0.434. The smallest absolute Gasteiger partial charge is 0.423 e. The molecule has 2 aromatic heterocycles. The maximum atomic E-state index is 8.92. The van der Waals surface area contributed by atoms with Gasteiger partial charge in [0.1, 0.15) is 0 Å². The van der Waals surface area contributed by atoms with E-state index in [4.69, 9.17) is 10.0 Å². The normalized spacial score (nSPS) is 10.7. The summed E-state index contributed by atoms with van der Waals surface area (Å²) in [6.45, 7) is 0. The molecular weight excluding hydrogens is 167 g/mol. The van der Waals surface area contributed by atoms with Crippen LogP contribution in [-0.2, 0) is 7.05 Å². The van der Waals surface area contributed by atoms with Crippen molar-refractivity contribution in [2.24, 2.45) is 7.05 Å². The van der Waals surface area contributed by atoms with Gasteiger partial charge in [-0.2, -0.15) is 0 Å². The minimum absolute atomic E-state index is 0.411. The maximum absolute atomic E-state index is 8.92. The third kappa shape index (κ3) is 1.32. The molecule has 0 bridgehead atoms. The summed E-state index contributed by atoms with van der Waals surface area (Å²) < 4.78 is 1.88. The van der Waals surface area contributed by atoms with Gasteiger partial charge in [-0.05, 0) is 12.1 Å². The predicted molar refractivity (Wildman–Crippen MR) is 50.5 cm³/mol. The summed E-state index contributed by atoms with van der Waals surface area (Å²) in [5.74, 6) is 0. The number of fused-ring (bicyclic) bond motifs is 1. The number of pyridine rings is 1. The molecule has 0 spiro atoms. The Morgan fingerprint density at radius 2 is 2.23 bits per heavy atom. The van der Waals surface area contributed by atoms with Crippen molar-refractivity contribution in [3.63, 3.8) is 0 Å². The fourth-order valence-electron chi connectivity index (χ4n) is 1.29. The van der Waals surface area contributed by atoms with E-state index in [1.807, 2.05) is 23.9 Å². The van der Waals surface area contributed by atoms with Gasteiger partial charge in [0.05, 0.1) is 11.0 Å². The molecule has 0 amide bonds. The van der Waals surface area contributed by atoms with Gasteiger partial charge in [-0.25, -0.2) is 0 Å². The van der Waals surface area contributed by atoms with Gasteiger partial charge in [0.25, 0.3) is 0 Å². The van der Waals surface area contributed by atoms with E-state index in [-0.39, 0.29) is 0 Å². The quantitative estimate of drug-likeness (QED) is 0.562. The van der Waals surface area contributed by atoms with E-state index in [9.17, 15) is 0 Å². The Balaban J connectivity index is 2.66. The average Bonchev–Trinajstić information content (AvgIpc) is 2.47. The molecule has 13 heavy (non-hydrogen) atoms. The summed E-state index contributed by atoms with van der Waals surface area (Å²) in [5.41, 5.74) is 2.16. The predicted octanol–water partition coefficient (Wildman–Crippen LogP) is -0.747. The highest BCUT2D eigenvalue weighted by molar-refractivity contribution is 6.58. The molecule has 66 valence electrons. The van der Waals surface area contributed by atoms with Gasteiger partial charge in [-0.3, -0.25) is 4.98 Å². The fourth-order valence-corrected chi connectivity index (χ4v) is 1.29. The van der Waals surface area contributed by atoms with E-state index >= 15 is 0 Å². The summed E-state index contributed by atoms with van der Waals surface area (Å²) in [4.78, 5) is 4.08. The second-order valence-electron chi connectivity index (χ2n) is 2.97. The number of aromatic nitrogens is 2. The van der Waals surface area contributed by atoms with Crippen molar-refractivity contribution in [1.82, 2.24) is 9.55 Å². The van der Waals surface area contributed by atoms with Crippen molar-refractivity contribution in [3.05, 3.63) is 24.5 Å². The molecule has 2 N–H and O–H groups in total. The molecule has 0 saturated carbocycles. The molecule has 0 unspecified atom stereocenters. The lowest BCUT2D eigenvalue weighted by atomic mass is 9.81. The van der Waals surface area contributed by atoms with E-state index in [2.05, 4.69) is 4.98 Å². The number of rotatable bonds is 1. The van der Waals surface area contributed by atoms with Gasteiger partial charge in [0.15, 0.2) is 0 Å². The second-order valence-corrected chi connectivity index (χ2v) is 2.97. The Bertz CT molecular complexity index is 439. The monoisotopic (exact) mass is 176 g/mol. The van der Waals surface area contributed by atoms with Gasteiger partial charge in [-0.15, -0.1) is 0 Å². The highest BCUT2D eigenvalue weighted by Gasteiger charge is 2.12. The van der Waals surface area contributed by atoms with Crippen LogP contribution in [0.4, 0.5) is 0 Å². The summed E-state index contributed by atoms with van der Waals surface area (Å²) >= 11 is 0. The van der Waals surface area contributed by atoms with Gasteiger partial charge in [0, 0.05) is 24.9 Å². The Hall–Kier alpha value is -1.33. The van der Waals surface area contributed by atoms with Crippen LogP contribution in [-0.4, -0.2) is 26.7 Å². The molecule has 2 rings (SSSR count). The van der Waals surface area contributed by atoms with Crippen molar-refractivity contribution >= 4 is 23.6 Å². The van der Waals surface area contributed by atoms with Gasteiger partial charge < -0.3 is 14.6 Å². The number of aryl methyl sites for hydroxylation is 1. The Labute approximate surface area is 75.6 Å². The summed E-state index contributed by atoms with van der Waals surface area (Å²) in [6.07, 6.45) is 3.35. The van der Waals surface area contributed by atoms with E-state index in [0.717, 1.165) is 11.0 Å². The Morgan fingerprint density at radius 3 is 2.92 bits per heavy atom. The standard InChI is InChI=1S/C8H9BN2O2/c1-11-3-2-7-8(11)4-6(5-10-7)9(12)13/h2-5,12-13H,1H3. The first kappa shape index (κ1) is 8.28. The van der Waals surface area contributed by atoms with Crippen molar-refractivity contribution in [2.45, 2.75) is 0 Å². The topological polar surface area (TPSA) is 58.3 Å². The fraction of sp³-hybridized carbons (Fsp3) is 0.125. The van der Waals surface area contributed by atoms with Crippen molar-refractivity contribution in [2.75, 3.05) is 0 Å². The lowest BCUT2D eigenvalue weighted by molar-refractivity contribution is 0.425. The van der Waals surface area contributed by atoms with Crippen LogP contribution in [0.2, 0.25) is 0 Å². The molecule has 0 aliphatic rings. The number of nitrogens with zero attached hydrogens (tertiary/aromatic N) is 2. The van der Waals surface area contributed by atoms with Crippen LogP contribution in [0.1, 0.15) is 0 Å². The SMILES string of the molecule is Cn1ccc2ncc(B(O)O)cc21. The first-order chi connectivity index (χ1) is 6.18. The minimum Gasteiger partial charge on any atom is -0.423 e. The van der Waals surface area contributed by atoms with Crippen LogP contribution in [0, 0.1) is 0 Å². The highest BCUT2D eigenvalue weighted by atomic mass is 16.4. The summed E-state index contributed by atoms with van der Waals surface area (Å²) in [6, 6.07) is 3.59. The molecule has 2 heterocycles. The molecule has 5 heteroatoms. The third-order valence-electron chi connectivity index (χ3n) is 2.05. The van der Waals surface area contributed by atoms with Crippen LogP contribution in [0.5, 0.6) is 0 Å². The van der Waals surface area contributed by atoms with E-state index < -0.39 is 7.12 Å².